The van der Waals surface area contributed by atoms with Crippen LogP contribution < -0.4 is 20.7 Å². The Bertz CT molecular complexity index is 849. The molecule has 29 heavy (non-hydrogen) atoms. The number of hydrogen-bond donors (Lipinski definition) is 3. The highest BCUT2D eigenvalue weighted by Gasteiger charge is 2.28. The first-order valence-electron chi connectivity index (χ1n) is 10.1. The number of carbonyl (C=O) groups excluding carboxylic acids is 2. The van der Waals surface area contributed by atoms with Crippen LogP contribution in [0.1, 0.15) is 43.9 Å². The van der Waals surface area contributed by atoms with E-state index in [1.807, 2.05) is 26.0 Å². The summed E-state index contributed by atoms with van der Waals surface area (Å²) in [7, 11) is 1.59. The van der Waals surface area contributed by atoms with Crippen LogP contribution in [-0.2, 0) is 11.2 Å². The van der Waals surface area contributed by atoms with Crippen LogP contribution in [0.3, 0.4) is 0 Å². The van der Waals surface area contributed by atoms with Gasteiger partial charge in [-0.2, -0.15) is 0 Å². The van der Waals surface area contributed by atoms with Crippen molar-refractivity contribution < 1.29 is 14.3 Å². The highest BCUT2D eigenvalue weighted by molar-refractivity contribution is 5.94. The van der Waals surface area contributed by atoms with Crippen LogP contribution in [0, 0.1) is 5.92 Å². The van der Waals surface area contributed by atoms with E-state index >= 15 is 0 Å². The molecule has 0 saturated carbocycles. The van der Waals surface area contributed by atoms with Gasteiger partial charge in [-0.15, -0.1) is 0 Å². The SMILES string of the molecule is COc1ccc(NC(=O)NC(C(=O)NC2CCCc3ccccc32)C(C)C)cc1. The third kappa shape index (κ3) is 5.28. The molecule has 0 bridgehead atoms. The lowest BCUT2D eigenvalue weighted by atomic mass is 9.87. The first-order chi connectivity index (χ1) is 14.0. The lowest BCUT2D eigenvalue weighted by molar-refractivity contribution is -0.124. The van der Waals surface area contributed by atoms with E-state index < -0.39 is 12.1 Å². The van der Waals surface area contributed by atoms with Gasteiger partial charge in [-0.25, -0.2) is 4.79 Å². The van der Waals surface area contributed by atoms with Crippen LogP contribution >= 0.6 is 0 Å². The van der Waals surface area contributed by atoms with Crippen molar-refractivity contribution in [2.45, 2.75) is 45.2 Å². The van der Waals surface area contributed by atoms with Crippen molar-refractivity contribution in [1.82, 2.24) is 10.6 Å². The van der Waals surface area contributed by atoms with E-state index in [9.17, 15) is 9.59 Å². The molecule has 3 rings (SSSR count). The average molecular weight is 396 g/mol. The zero-order valence-electron chi connectivity index (χ0n) is 17.2. The molecule has 6 heteroatoms. The topological polar surface area (TPSA) is 79.5 Å². The fraction of sp³-hybridized carbons (Fsp3) is 0.391. The first-order valence-corrected chi connectivity index (χ1v) is 10.1. The highest BCUT2D eigenvalue weighted by atomic mass is 16.5. The summed E-state index contributed by atoms with van der Waals surface area (Å²) >= 11 is 0. The molecule has 2 unspecified atom stereocenters. The molecular formula is C23H29N3O3. The molecular weight excluding hydrogens is 366 g/mol. The van der Waals surface area contributed by atoms with Gasteiger partial charge in [0, 0.05) is 5.69 Å². The summed E-state index contributed by atoms with van der Waals surface area (Å²) < 4.78 is 5.12. The summed E-state index contributed by atoms with van der Waals surface area (Å²) in [6.45, 7) is 3.85. The van der Waals surface area contributed by atoms with Crippen LogP contribution in [0.2, 0.25) is 0 Å². The Morgan fingerprint density at radius 2 is 1.79 bits per heavy atom. The molecule has 1 aliphatic rings. The second-order valence-corrected chi connectivity index (χ2v) is 7.70. The third-order valence-corrected chi connectivity index (χ3v) is 5.27. The quantitative estimate of drug-likeness (QED) is 0.691. The van der Waals surface area contributed by atoms with Crippen LogP contribution in [0.4, 0.5) is 10.5 Å². The molecule has 2 aromatic carbocycles. The number of carbonyl (C=O) groups is 2. The van der Waals surface area contributed by atoms with Gasteiger partial charge in [0.15, 0.2) is 0 Å². The standard InChI is InChI=1S/C23H29N3O3/c1-15(2)21(26-23(28)24-17-11-13-18(29-3)14-12-17)22(27)25-20-10-6-8-16-7-4-5-9-19(16)20/h4-5,7,9,11-15,20-21H,6,8,10H2,1-3H3,(H,25,27)(H2,24,26,28). The second-order valence-electron chi connectivity index (χ2n) is 7.70. The Morgan fingerprint density at radius 3 is 2.48 bits per heavy atom. The maximum Gasteiger partial charge on any atom is 0.319 e. The van der Waals surface area contributed by atoms with Gasteiger partial charge < -0.3 is 20.7 Å². The van der Waals surface area contributed by atoms with Crippen LogP contribution in [0.5, 0.6) is 5.75 Å². The first kappa shape index (κ1) is 20.7. The Kier molecular flexibility index (Phi) is 6.75. The summed E-state index contributed by atoms with van der Waals surface area (Å²) in [5.74, 6) is 0.505. The van der Waals surface area contributed by atoms with Crippen LogP contribution in [0.25, 0.3) is 0 Å². The fourth-order valence-electron chi connectivity index (χ4n) is 3.68. The second kappa shape index (κ2) is 9.45. The van der Waals surface area contributed by atoms with E-state index in [0.717, 1.165) is 19.3 Å². The van der Waals surface area contributed by atoms with Crippen molar-refractivity contribution in [2.24, 2.45) is 5.92 Å². The smallest absolute Gasteiger partial charge is 0.319 e. The summed E-state index contributed by atoms with van der Waals surface area (Å²) in [6, 6.07) is 14.2. The monoisotopic (exact) mass is 395 g/mol. The van der Waals surface area contributed by atoms with E-state index in [4.69, 9.17) is 4.74 Å². The largest absolute Gasteiger partial charge is 0.497 e. The molecule has 0 aromatic heterocycles. The van der Waals surface area contributed by atoms with Crippen molar-refractivity contribution in [3.05, 3.63) is 59.7 Å². The van der Waals surface area contributed by atoms with Crippen molar-refractivity contribution in [3.63, 3.8) is 0 Å². The van der Waals surface area contributed by atoms with Crippen molar-refractivity contribution in [1.29, 1.82) is 0 Å². The van der Waals surface area contributed by atoms with Gasteiger partial charge in [-0.05, 0) is 60.6 Å². The minimum atomic E-state index is -0.623. The van der Waals surface area contributed by atoms with Gasteiger partial charge in [0.05, 0.1) is 13.2 Å². The number of hydrogen-bond acceptors (Lipinski definition) is 3. The Hall–Kier alpha value is -3.02. The molecule has 1 aliphatic carbocycles. The maximum absolute atomic E-state index is 13.0. The zero-order chi connectivity index (χ0) is 20.8. The van der Waals surface area contributed by atoms with E-state index in [1.165, 1.54) is 11.1 Å². The molecule has 0 aliphatic heterocycles. The number of amides is 3. The predicted molar refractivity (Wildman–Crippen MR) is 114 cm³/mol. The lowest BCUT2D eigenvalue weighted by Gasteiger charge is -2.29. The normalized spacial score (nSPS) is 16.5. The Morgan fingerprint density at radius 1 is 1.07 bits per heavy atom. The van der Waals surface area contributed by atoms with Gasteiger partial charge in [0.25, 0.3) is 0 Å². The number of anilines is 1. The molecule has 3 amide bonds. The van der Waals surface area contributed by atoms with Gasteiger partial charge in [0.2, 0.25) is 5.91 Å². The zero-order valence-corrected chi connectivity index (χ0v) is 17.2. The number of methoxy groups -OCH3 is 1. The van der Waals surface area contributed by atoms with Gasteiger partial charge in [0.1, 0.15) is 11.8 Å². The Balaban J connectivity index is 1.63. The van der Waals surface area contributed by atoms with Crippen molar-refractivity contribution in [3.8, 4) is 5.75 Å². The van der Waals surface area contributed by atoms with Gasteiger partial charge >= 0.3 is 6.03 Å². The third-order valence-electron chi connectivity index (χ3n) is 5.27. The minimum Gasteiger partial charge on any atom is -0.497 e. The van der Waals surface area contributed by atoms with Gasteiger partial charge in [-0.1, -0.05) is 38.1 Å². The minimum absolute atomic E-state index is 0.0138. The molecule has 0 spiro atoms. The van der Waals surface area contributed by atoms with Crippen molar-refractivity contribution >= 4 is 17.6 Å². The van der Waals surface area contributed by atoms with Crippen LogP contribution in [0.15, 0.2) is 48.5 Å². The number of nitrogens with one attached hydrogen (secondary N) is 3. The summed E-state index contributed by atoms with van der Waals surface area (Å²) in [5, 5.41) is 8.72. The van der Waals surface area contributed by atoms with E-state index in [-0.39, 0.29) is 17.9 Å². The molecule has 0 fully saturated rings. The molecule has 0 heterocycles. The Labute approximate surface area is 172 Å². The molecule has 0 radical (unpaired) electrons. The van der Waals surface area contributed by atoms with Crippen molar-refractivity contribution in [2.75, 3.05) is 12.4 Å². The number of fused-ring (bicyclic) bond motifs is 1. The van der Waals surface area contributed by atoms with E-state index in [0.29, 0.717) is 11.4 Å². The summed E-state index contributed by atoms with van der Waals surface area (Å²) in [4.78, 5) is 25.4. The van der Waals surface area contributed by atoms with Crippen LogP contribution in [-0.4, -0.2) is 25.1 Å². The number of ether oxygens (including phenoxy) is 1. The fourth-order valence-corrected chi connectivity index (χ4v) is 3.68. The molecule has 2 atom stereocenters. The molecule has 3 N–H and O–H groups in total. The predicted octanol–water partition coefficient (Wildman–Crippen LogP) is 4.04. The van der Waals surface area contributed by atoms with Gasteiger partial charge in [-0.3, -0.25) is 4.79 Å². The summed E-state index contributed by atoms with van der Waals surface area (Å²) in [5.41, 5.74) is 3.10. The van der Waals surface area contributed by atoms with E-state index in [1.54, 1.807) is 31.4 Å². The molecule has 0 saturated heterocycles. The maximum atomic E-state index is 13.0. The number of benzene rings is 2. The number of urea groups is 1. The molecule has 6 nitrogen and oxygen atoms in total. The van der Waals surface area contributed by atoms with E-state index in [2.05, 4.69) is 28.1 Å². The molecule has 154 valence electrons. The number of aryl methyl sites for hydroxylation is 1. The summed E-state index contributed by atoms with van der Waals surface area (Å²) in [6.07, 6.45) is 2.99. The average Bonchev–Trinajstić information content (AvgIpc) is 2.72. The lowest BCUT2D eigenvalue weighted by Crippen LogP contribution is -2.51. The number of rotatable bonds is 6. The molecule has 2 aromatic rings. The highest BCUT2D eigenvalue weighted by Crippen LogP contribution is 2.29.